The minimum Gasteiger partial charge on any atom is -0.363 e. The van der Waals surface area contributed by atoms with Crippen molar-refractivity contribution in [3.8, 4) is 0 Å². The van der Waals surface area contributed by atoms with Crippen LogP contribution in [0.25, 0.3) is 0 Å². The van der Waals surface area contributed by atoms with E-state index in [4.69, 9.17) is 23.2 Å². The maximum Gasteiger partial charge on any atom is 0.234 e. The van der Waals surface area contributed by atoms with Gasteiger partial charge in [0, 0.05) is 11.6 Å². The Labute approximate surface area is 119 Å². The number of carbonyl (C=O) groups is 1. The van der Waals surface area contributed by atoms with Gasteiger partial charge in [0.05, 0.1) is 23.0 Å². The zero-order chi connectivity index (χ0) is 13.0. The van der Waals surface area contributed by atoms with Crippen LogP contribution < -0.4 is 10.6 Å². The highest BCUT2D eigenvalue weighted by Crippen LogP contribution is 2.25. The molecule has 0 unspecified atom stereocenters. The zero-order valence-corrected chi connectivity index (χ0v) is 11.7. The first-order valence-electron chi connectivity index (χ1n) is 5.31. The van der Waals surface area contributed by atoms with E-state index in [-0.39, 0.29) is 5.91 Å². The molecule has 7 heteroatoms. The molecule has 96 valence electrons. The Bertz CT molecular complexity index is 493. The van der Waals surface area contributed by atoms with Gasteiger partial charge in [0.25, 0.3) is 0 Å². The fourth-order valence-corrected chi connectivity index (χ4v) is 2.57. The summed E-state index contributed by atoms with van der Waals surface area (Å²) in [4.78, 5) is 15.9. The lowest BCUT2D eigenvalue weighted by Gasteiger charge is -2.07. The summed E-state index contributed by atoms with van der Waals surface area (Å²) in [7, 11) is 0. The molecular weight excluding hydrogens is 293 g/mol. The molecule has 2 N–H and O–H groups in total. The van der Waals surface area contributed by atoms with Crippen LogP contribution >= 0.6 is 35.0 Å². The van der Waals surface area contributed by atoms with Crippen molar-refractivity contribution < 1.29 is 4.79 Å². The summed E-state index contributed by atoms with van der Waals surface area (Å²) in [5.41, 5.74) is 0.563. The minimum atomic E-state index is -0.124. The molecule has 0 spiro atoms. The highest BCUT2D eigenvalue weighted by atomic mass is 35.5. The van der Waals surface area contributed by atoms with Crippen molar-refractivity contribution in [2.45, 2.75) is 0 Å². The lowest BCUT2D eigenvalue weighted by atomic mass is 10.3. The van der Waals surface area contributed by atoms with Gasteiger partial charge in [0.15, 0.2) is 5.17 Å². The number of rotatable bonds is 3. The summed E-state index contributed by atoms with van der Waals surface area (Å²) in [6, 6.07) is 4.95. The Morgan fingerprint density at radius 1 is 1.50 bits per heavy atom. The van der Waals surface area contributed by atoms with Crippen molar-refractivity contribution in [2.24, 2.45) is 4.99 Å². The number of nitrogens with zero attached hydrogens (tertiary/aromatic N) is 1. The van der Waals surface area contributed by atoms with E-state index in [1.807, 2.05) is 0 Å². The van der Waals surface area contributed by atoms with E-state index in [1.54, 1.807) is 18.2 Å². The number of hydrogen-bond acceptors (Lipinski definition) is 4. The first-order chi connectivity index (χ1) is 8.65. The third-order valence-corrected chi connectivity index (χ3v) is 3.69. The fraction of sp³-hybridized carbons (Fsp3) is 0.273. The summed E-state index contributed by atoms with van der Waals surface area (Å²) in [6.07, 6.45) is 0. The lowest BCUT2D eigenvalue weighted by molar-refractivity contribution is -0.113. The first kappa shape index (κ1) is 13.5. The summed E-state index contributed by atoms with van der Waals surface area (Å²) in [6.45, 7) is 1.61. The van der Waals surface area contributed by atoms with Crippen LogP contribution in [0.1, 0.15) is 0 Å². The van der Waals surface area contributed by atoms with Gasteiger partial charge in [-0.15, -0.1) is 0 Å². The predicted octanol–water partition coefficient (Wildman–Crippen LogP) is 2.62. The molecule has 1 heterocycles. The Morgan fingerprint density at radius 3 is 3.00 bits per heavy atom. The molecule has 2 rings (SSSR count). The maximum absolute atomic E-state index is 11.7. The molecule has 0 radical (unpaired) electrons. The Hall–Kier alpha value is -0.910. The zero-order valence-electron chi connectivity index (χ0n) is 9.37. The molecule has 0 bridgehead atoms. The molecule has 1 amide bonds. The summed E-state index contributed by atoms with van der Waals surface area (Å²) in [5.74, 6) is 0.172. The second-order valence-electron chi connectivity index (χ2n) is 3.57. The highest BCUT2D eigenvalue weighted by molar-refractivity contribution is 8.14. The quantitative estimate of drug-likeness (QED) is 0.902. The molecule has 4 nitrogen and oxygen atoms in total. The first-order valence-corrected chi connectivity index (χ1v) is 7.05. The topological polar surface area (TPSA) is 53.5 Å². The molecule has 1 aliphatic heterocycles. The molecule has 0 saturated carbocycles. The Balaban J connectivity index is 1.86. The third-order valence-electron chi connectivity index (χ3n) is 2.19. The number of halogens is 2. The van der Waals surface area contributed by atoms with Crippen LogP contribution in [0.3, 0.4) is 0 Å². The molecule has 0 saturated heterocycles. The minimum absolute atomic E-state index is 0.124. The van der Waals surface area contributed by atoms with Crippen molar-refractivity contribution in [1.29, 1.82) is 0 Å². The van der Waals surface area contributed by atoms with Crippen LogP contribution in [0.2, 0.25) is 10.0 Å². The van der Waals surface area contributed by atoms with Crippen molar-refractivity contribution >= 4 is 51.7 Å². The van der Waals surface area contributed by atoms with E-state index in [0.717, 1.165) is 18.3 Å². The van der Waals surface area contributed by atoms with Crippen molar-refractivity contribution in [3.63, 3.8) is 0 Å². The SMILES string of the molecule is O=C(CSC1=NCCN1)Nc1ccc(Cl)cc1Cl. The van der Waals surface area contributed by atoms with Gasteiger partial charge in [0.2, 0.25) is 5.91 Å². The van der Waals surface area contributed by atoms with Crippen LogP contribution in [0.5, 0.6) is 0 Å². The van der Waals surface area contributed by atoms with Gasteiger partial charge in [-0.05, 0) is 18.2 Å². The third kappa shape index (κ3) is 3.80. The normalized spacial score (nSPS) is 14.0. The van der Waals surface area contributed by atoms with E-state index in [2.05, 4.69) is 15.6 Å². The number of anilines is 1. The molecule has 0 atom stereocenters. The summed E-state index contributed by atoms with van der Waals surface area (Å²) < 4.78 is 0. The van der Waals surface area contributed by atoms with Gasteiger partial charge in [-0.2, -0.15) is 0 Å². The number of hydrogen-bond donors (Lipinski definition) is 2. The van der Waals surface area contributed by atoms with E-state index in [0.29, 0.717) is 21.5 Å². The van der Waals surface area contributed by atoms with Crippen molar-refractivity contribution in [3.05, 3.63) is 28.2 Å². The lowest BCUT2D eigenvalue weighted by Crippen LogP contribution is -2.20. The van der Waals surface area contributed by atoms with Gasteiger partial charge < -0.3 is 10.6 Å². The summed E-state index contributed by atoms with van der Waals surface area (Å²) in [5, 5.41) is 7.59. The number of aliphatic imine (C=N–C) groups is 1. The molecule has 0 aliphatic carbocycles. The van der Waals surface area contributed by atoms with Crippen LogP contribution in [0.4, 0.5) is 5.69 Å². The average molecular weight is 304 g/mol. The van der Waals surface area contributed by atoms with Gasteiger partial charge in [-0.1, -0.05) is 35.0 Å². The molecule has 1 aromatic rings. The van der Waals surface area contributed by atoms with Crippen LogP contribution in [-0.2, 0) is 4.79 Å². The molecule has 0 fully saturated rings. The van der Waals surface area contributed by atoms with Crippen LogP contribution in [0.15, 0.2) is 23.2 Å². The number of nitrogens with one attached hydrogen (secondary N) is 2. The smallest absolute Gasteiger partial charge is 0.234 e. The summed E-state index contributed by atoms with van der Waals surface area (Å²) >= 11 is 13.1. The fourth-order valence-electron chi connectivity index (χ4n) is 1.38. The van der Waals surface area contributed by atoms with Crippen LogP contribution in [-0.4, -0.2) is 29.9 Å². The van der Waals surface area contributed by atoms with Crippen LogP contribution in [0, 0.1) is 0 Å². The van der Waals surface area contributed by atoms with Gasteiger partial charge in [0.1, 0.15) is 0 Å². The molecule has 1 aromatic carbocycles. The standard InChI is InChI=1S/C11H11Cl2N3OS/c12-7-1-2-9(8(13)5-7)16-10(17)6-18-11-14-3-4-15-11/h1-2,5H,3-4,6H2,(H,14,15)(H,16,17). The average Bonchev–Trinajstić information content (AvgIpc) is 2.83. The van der Waals surface area contributed by atoms with Crippen molar-refractivity contribution in [2.75, 3.05) is 24.2 Å². The number of amidine groups is 1. The number of amides is 1. The molecular formula is C11H11Cl2N3OS. The van der Waals surface area contributed by atoms with Gasteiger partial charge in [-0.25, -0.2) is 0 Å². The maximum atomic E-state index is 11.7. The van der Waals surface area contributed by atoms with E-state index in [9.17, 15) is 4.79 Å². The van der Waals surface area contributed by atoms with Crippen molar-refractivity contribution in [1.82, 2.24) is 5.32 Å². The van der Waals surface area contributed by atoms with Gasteiger partial charge in [-0.3, -0.25) is 9.79 Å². The number of benzene rings is 1. The second-order valence-corrected chi connectivity index (χ2v) is 5.38. The van der Waals surface area contributed by atoms with E-state index in [1.165, 1.54) is 11.8 Å². The Morgan fingerprint density at radius 2 is 2.33 bits per heavy atom. The number of carbonyl (C=O) groups excluding carboxylic acids is 1. The number of thioether (sulfide) groups is 1. The second kappa shape index (κ2) is 6.31. The monoisotopic (exact) mass is 303 g/mol. The highest BCUT2D eigenvalue weighted by Gasteiger charge is 2.10. The Kier molecular flexibility index (Phi) is 4.74. The molecule has 0 aromatic heterocycles. The van der Waals surface area contributed by atoms with Gasteiger partial charge >= 0.3 is 0 Å². The predicted molar refractivity (Wildman–Crippen MR) is 77.9 cm³/mol. The van der Waals surface area contributed by atoms with E-state index >= 15 is 0 Å². The molecule has 1 aliphatic rings. The molecule has 18 heavy (non-hydrogen) atoms. The van der Waals surface area contributed by atoms with E-state index < -0.39 is 0 Å². The largest absolute Gasteiger partial charge is 0.363 e.